The van der Waals surface area contributed by atoms with Crippen molar-refractivity contribution in [3.8, 4) is 5.75 Å². The molecule has 27 heavy (non-hydrogen) atoms. The summed E-state index contributed by atoms with van der Waals surface area (Å²) in [5.74, 6) is -0.348. The van der Waals surface area contributed by atoms with E-state index in [2.05, 4.69) is 5.32 Å². The summed E-state index contributed by atoms with van der Waals surface area (Å²) in [6, 6.07) is 3.92. The molecule has 0 radical (unpaired) electrons. The lowest BCUT2D eigenvalue weighted by Gasteiger charge is -2.23. The van der Waals surface area contributed by atoms with Crippen LogP contribution in [0.1, 0.15) is 64.0 Å². The molecule has 0 aliphatic carbocycles. The minimum Gasteiger partial charge on any atom is -0.490 e. The predicted octanol–water partition coefficient (Wildman–Crippen LogP) is 2.89. The fourth-order valence-electron chi connectivity index (χ4n) is 2.24. The normalized spacial score (nSPS) is 18.7. The lowest BCUT2D eigenvalue weighted by Crippen LogP contribution is -2.42. The van der Waals surface area contributed by atoms with E-state index in [1.54, 1.807) is 4.90 Å². The second-order valence-corrected chi connectivity index (χ2v) is 5.97. The standard InChI is InChI=1S/C20H33N3O4/c1-7-23(8-2)19(26)22-15-9-10-18(17(11-15)14(3)24)27-13-16(25)12-21-20(4,5)6/h9-11,16,21,25H,7-8,12-13H2,1-6H3,(H,22,26)/t16-/m1/s1/i4D3,5D3,6D3. The highest BCUT2D eigenvalue weighted by Crippen LogP contribution is 2.24. The average Bonchev–Trinajstić information content (AvgIpc) is 2.70. The van der Waals surface area contributed by atoms with Gasteiger partial charge in [-0.05, 0) is 59.5 Å². The number of ether oxygens (including phenoxy) is 1. The lowest BCUT2D eigenvalue weighted by molar-refractivity contribution is 0.0950. The van der Waals surface area contributed by atoms with E-state index >= 15 is 0 Å². The molecule has 0 fully saturated rings. The molecular formula is C20H33N3O4. The lowest BCUT2D eigenvalue weighted by atomic mass is 10.1. The number of carbonyl (C=O) groups is 2. The van der Waals surface area contributed by atoms with Crippen molar-refractivity contribution in [1.82, 2.24) is 10.2 Å². The van der Waals surface area contributed by atoms with Crippen molar-refractivity contribution in [1.29, 1.82) is 0 Å². The predicted molar refractivity (Wildman–Crippen MR) is 108 cm³/mol. The van der Waals surface area contributed by atoms with Crippen LogP contribution in [0.25, 0.3) is 0 Å². The number of anilines is 1. The highest BCUT2D eigenvalue weighted by Gasteiger charge is 2.16. The molecule has 0 spiro atoms. The van der Waals surface area contributed by atoms with Gasteiger partial charge >= 0.3 is 6.03 Å². The van der Waals surface area contributed by atoms with Crippen LogP contribution in [-0.2, 0) is 0 Å². The largest absolute Gasteiger partial charge is 0.490 e. The van der Waals surface area contributed by atoms with Gasteiger partial charge in [0.1, 0.15) is 18.5 Å². The number of hydrogen-bond acceptors (Lipinski definition) is 5. The topological polar surface area (TPSA) is 90.9 Å². The second-order valence-electron chi connectivity index (χ2n) is 5.97. The maximum Gasteiger partial charge on any atom is 0.321 e. The molecule has 0 heterocycles. The molecule has 1 aromatic rings. The molecule has 0 aliphatic rings. The smallest absolute Gasteiger partial charge is 0.321 e. The van der Waals surface area contributed by atoms with Gasteiger partial charge in [-0.25, -0.2) is 4.79 Å². The van der Waals surface area contributed by atoms with E-state index in [1.165, 1.54) is 25.1 Å². The van der Waals surface area contributed by atoms with Crippen LogP contribution in [0.5, 0.6) is 5.75 Å². The zero-order valence-electron chi connectivity index (χ0n) is 24.8. The fraction of sp³-hybridized carbons (Fsp3) is 0.600. The van der Waals surface area contributed by atoms with Gasteiger partial charge in [-0.15, -0.1) is 0 Å². The third-order valence-corrected chi connectivity index (χ3v) is 3.69. The number of aliphatic hydroxyl groups excluding tert-OH is 1. The van der Waals surface area contributed by atoms with Crippen LogP contribution < -0.4 is 15.4 Å². The zero-order chi connectivity index (χ0) is 28.1. The fourth-order valence-corrected chi connectivity index (χ4v) is 2.24. The summed E-state index contributed by atoms with van der Waals surface area (Å²) in [5.41, 5.74) is -2.86. The summed E-state index contributed by atoms with van der Waals surface area (Å²) < 4.78 is 73.8. The van der Waals surface area contributed by atoms with Crippen LogP contribution in [0.4, 0.5) is 10.5 Å². The van der Waals surface area contributed by atoms with Crippen LogP contribution in [0.15, 0.2) is 18.2 Å². The Labute approximate surface area is 174 Å². The Hall–Kier alpha value is -2.12. The van der Waals surface area contributed by atoms with Crippen LogP contribution in [0, 0.1) is 0 Å². The Morgan fingerprint density at radius 1 is 1.30 bits per heavy atom. The number of β-amino-alcohol motifs (C(OH)–C–C–N with tert-alkyl or cyclic N) is 1. The van der Waals surface area contributed by atoms with Crippen molar-refractivity contribution < 1.29 is 31.8 Å². The zero-order valence-corrected chi connectivity index (χ0v) is 15.8. The molecule has 3 N–H and O–H groups in total. The maximum atomic E-state index is 12.3. The van der Waals surface area contributed by atoms with Crippen LogP contribution in [0.3, 0.4) is 0 Å². The molecule has 1 aromatic carbocycles. The van der Waals surface area contributed by atoms with E-state index in [4.69, 9.17) is 17.1 Å². The summed E-state index contributed by atoms with van der Waals surface area (Å²) in [6.07, 6.45) is -1.53. The minimum absolute atomic E-state index is 0.0520. The van der Waals surface area contributed by atoms with Crippen LogP contribution >= 0.6 is 0 Å². The molecule has 0 saturated heterocycles. The highest BCUT2D eigenvalue weighted by atomic mass is 16.5. The van der Waals surface area contributed by atoms with Gasteiger partial charge in [0.15, 0.2) is 5.78 Å². The number of rotatable bonds is 9. The molecule has 7 nitrogen and oxygen atoms in total. The van der Waals surface area contributed by atoms with E-state index in [1.807, 2.05) is 19.2 Å². The minimum atomic E-state index is -3.46. The Balaban J connectivity index is 3.03. The number of ketones is 1. The third-order valence-electron chi connectivity index (χ3n) is 3.69. The van der Waals surface area contributed by atoms with Gasteiger partial charge in [-0.1, -0.05) is 0 Å². The van der Waals surface area contributed by atoms with Gasteiger partial charge in [0.2, 0.25) is 0 Å². The van der Waals surface area contributed by atoms with Gasteiger partial charge in [-0.2, -0.15) is 0 Å². The van der Waals surface area contributed by atoms with Crippen molar-refractivity contribution in [3.63, 3.8) is 0 Å². The van der Waals surface area contributed by atoms with Gasteiger partial charge in [0.25, 0.3) is 0 Å². The van der Waals surface area contributed by atoms with Gasteiger partial charge < -0.3 is 25.4 Å². The Bertz CT molecular complexity index is 877. The molecule has 0 unspecified atom stereocenters. The molecular weight excluding hydrogens is 346 g/mol. The summed E-state index contributed by atoms with van der Waals surface area (Å²) in [7, 11) is 0. The molecule has 0 saturated carbocycles. The van der Waals surface area contributed by atoms with Crippen molar-refractivity contribution in [3.05, 3.63) is 23.8 Å². The van der Waals surface area contributed by atoms with E-state index in [-0.39, 0.29) is 17.3 Å². The van der Waals surface area contributed by atoms with Gasteiger partial charge in [-0.3, -0.25) is 4.79 Å². The number of nitrogens with zero attached hydrogens (tertiary/aromatic N) is 1. The van der Waals surface area contributed by atoms with Crippen molar-refractivity contribution in [2.45, 2.75) is 53.0 Å². The first kappa shape index (κ1) is 12.4. The van der Waals surface area contributed by atoms with Gasteiger partial charge in [0.05, 0.1) is 5.56 Å². The first-order valence-electron chi connectivity index (χ1n) is 13.1. The number of nitrogens with one attached hydrogen (secondary N) is 2. The molecule has 1 atom stereocenters. The number of Topliss-reactive ketones (excluding diaryl/α,β-unsaturated/α-hetero) is 1. The van der Waals surface area contributed by atoms with E-state index in [0.29, 0.717) is 18.8 Å². The monoisotopic (exact) mass is 388 g/mol. The third kappa shape index (κ3) is 7.97. The molecule has 7 heteroatoms. The van der Waals surface area contributed by atoms with E-state index in [0.717, 1.165) is 0 Å². The Kier molecular flexibility index (Phi) is 4.70. The first-order chi connectivity index (χ1) is 16.3. The number of hydrogen-bond donors (Lipinski definition) is 3. The molecule has 0 bridgehead atoms. The van der Waals surface area contributed by atoms with Crippen LogP contribution in [-0.4, -0.2) is 59.7 Å². The number of benzene rings is 1. The summed E-state index contributed by atoms with van der Waals surface area (Å²) in [6.45, 7) is -5.75. The van der Waals surface area contributed by atoms with Crippen molar-refractivity contribution in [2.24, 2.45) is 0 Å². The quantitative estimate of drug-likeness (QED) is 0.566. The molecule has 0 aliphatic heterocycles. The van der Waals surface area contributed by atoms with Crippen molar-refractivity contribution in [2.75, 3.05) is 31.6 Å². The van der Waals surface area contributed by atoms with Crippen molar-refractivity contribution >= 4 is 17.5 Å². The molecule has 0 aromatic heterocycles. The van der Waals surface area contributed by atoms with Crippen LogP contribution in [0.2, 0.25) is 0 Å². The Morgan fingerprint density at radius 3 is 2.52 bits per heavy atom. The summed E-state index contributed by atoms with van der Waals surface area (Å²) in [4.78, 5) is 25.9. The van der Waals surface area contributed by atoms with Gasteiger partial charge in [0, 0.05) is 43.2 Å². The summed E-state index contributed by atoms with van der Waals surface area (Å²) >= 11 is 0. The van der Waals surface area contributed by atoms with E-state index < -0.39 is 51.1 Å². The number of amides is 2. The highest BCUT2D eigenvalue weighted by molar-refractivity contribution is 5.99. The maximum absolute atomic E-state index is 12.3. The SMILES string of the molecule is [2H]C([2H])([2H])C(NC[C@@H](O)COc1ccc(NC(=O)N(CC)CC)cc1C(C)=O)(C([2H])([2H])[2H])C([2H])([2H])[2H]. The second kappa shape index (κ2) is 10.3. The molecule has 152 valence electrons. The Morgan fingerprint density at radius 2 is 1.96 bits per heavy atom. The summed E-state index contributed by atoms with van der Waals surface area (Å²) in [5, 5.41) is 15.0. The number of aliphatic hydroxyl groups is 1. The number of carbonyl (C=O) groups excluding carboxylic acids is 2. The molecule has 2 amide bonds. The first-order valence-corrected chi connectivity index (χ1v) is 8.59. The van der Waals surface area contributed by atoms with E-state index in [9.17, 15) is 14.7 Å². The number of urea groups is 1. The average molecular weight is 389 g/mol. The molecule has 1 rings (SSSR count).